The molecule has 21 heavy (non-hydrogen) atoms. The molecule has 0 unspecified atom stereocenters. The van der Waals surface area contributed by atoms with E-state index in [1.165, 1.54) is 24.3 Å². The predicted octanol–water partition coefficient (Wildman–Crippen LogP) is 1.42. The van der Waals surface area contributed by atoms with Gasteiger partial charge in [0.1, 0.15) is 0 Å². The van der Waals surface area contributed by atoms with Crippen molar-refractivity contribution in [2.45, 2.75) is 37.5 Å². The number of unbranched alkanes of at least 4 members (excludes halogenated alkanes) is 1. The molecule has 0 spiro atoms. The highest BCUT2D eigenvalue weighted by atomic mass is 32.2. The number of imide groups is 1. The van der Waals surface area contributed by atoms with Gasteiger partial charge in [0, 0.05) is 19.4 Å². The van der Waals surface area contributed by atoms with Crippen molar-refractivity contribution in [3.8, 4) is 0 Å². The van der Waals surface area contributed by atoms with E-state index in [1.807, 2.05) is 6.92 Å². The number of amides is 2. The summed E-state index contributed by atoms with van der Waals surface area (Å²) in [6, 6.07) is 5.77. The van der Waals surface area contributed by atoms with E-state index in [4.69, 9.17) is 0 Å². The minimum atomic E-state index is -3.54. The zero-order valence-electron chi connectivity index (χ0n) is 11.8. The number of rotatable bonds is 6. The summed E-state index contributed by atoms with van der Waals surface area (Å²) in [5.74, 6) is -0.506. The topological polar surface area (TPSA) is 83.6 Å². The van der Waals surface area contributed by atoms with Crippen LogP contribution in [0.15, 0.2) is 29.2 Å². The van der Waals surface area contributed by atoms with Crippen LogP contribution in [0.25, 0.3) is 0 Å². The smallest absolute Gasteiger partial charge is 0.240 e. The van der Waals surface area contributed by atoms with E-state index in [0.29, 0.717) is 12.2 Å². The number of carbonyl (C=O) groups is 2. The summed E-state index contributed by atoms with van der Waals surface area (Å²) in [6.45, 7) is 2.37. The van der Waals surface area contributed by atoms with E-state index in [-0.39, 0.29) is 29.6 Å². The van der Waals surface area contributed by atoms with Crippen molar-refractivity contribution in [3.63, 3.8) is 0 Å². The summed E-state index contributed by atoms with van der Waals surface area (Å²) in [6.07, 6.45) is 2.09. The molecule has 0 radical (unpaired) electrons. The summed E-state index contributed by atoms with van der Waals surface area (Å²) in [5, 5.41) is 0. The molecule has 1 heterocycles. The molecule has 1 aliphatic heterocycles. The van der Waals surface area contributed by atoms with Crippen molar-refractivity contribution >= 4 is 27.5 Å². The van der Waals surface area contributed by atoms with Crippen LogP contribution in [-0.4, -0.2) is 26.8 Å². The number of benzene rings is 1. The van der Waals surface area contributed by atoms with E-state index in [1.54, 1.807) is 0 Å². The number of hydrogen-bond donors (Lipinski definition) is 1. The van der Waals surface area contributed by atoms with Crippen LogP contribution in [0, 0.1) is 0 Å². The van der Waals surface area contributed by atoms with Gasteiger partial charge in [-0.1, -0.05) is 13.3 Å². The molecular formula is C14H18N2O4S. The third-order valence-corrected chi connectivity index (χ3v) is 4.76. The molecule has 1 saturated heterocycles. The number of nitrogens with one attached hydrogen (secondary N) is 1. The summed E-state index contributed by atoms with van der Waals surface area (Å²) in [4.78, 5) is 24.5. The van der Waals surface area contributed by atoms with Crippen LogP contribution in [-0.2, 0) is 19.6 Å². The van der Waals surface area contributed by atoms with Crippen LogP contribution in [0.3, 0.4) is 0 Å². The lowest BCUT2D eigenvalue weighted by atomic mass is 10.3. The molecule has 0 bridgehead atoms. The number of anilines is 1. The molecule has 6 nitrogen and oxygen atoms in total. The Hall–Kier alpha value is -1.73. The molecule has 0 atom stereocenters. The second-order valence-corrected chi connectivity index (χ2v) is 6.64. The van der Waals surface area contributed by atoms with Gasteiger partial charge >= 0.3 is 0 Å². The van der Waals surface area contributed by atoms with Gasteiger partial charge in [0.15, 0.2) is 0 Å². The van der Waals surface area contributed by atoms with Crippen LogP contribution in [0.4, 0.5) is 5.69 Å². The van der Waals surface area contributed by atoms with E-state index in [9.17, 15) is 18.0 Å². The monoisotopic (exact) mass is 310 g/mol. The maximum Gasteiger partial charge on any atom is 0.240 e. The Morgan fingerprint density at radius 1 is 1.10 bits per heavy atom. The normalized spacial score (nSPS) is 15.8. The second-order valence-electron chi connectivity index (χ2n) is 4.87. The third-order valence-electron chi connectivity index (χ3n) is 3.28. The number of sulfonamides is 1. The zero-order chi connectivity index (χ0) is 15.5. The Morgan fingerprint density at radius 3 is 2.19 bits per heavy atom. The Kier molecular flexibility index (Phi) is 4.74. The minimum absolute atomic E-state index is 0.126. The van der Waals surface area contributed by atoms with Crippen molar-refractivity contribution < 1.29 is 18.0 Å². The fourth-order valence-corrected chi connectivity index (χ4v) is 3.18. The zero-order valence-corrected chi connectivity index (χ0v) is 12.6. The first-order chi connectivity index (χ1) is 9.95. The lowest BCUT2D eigenvalue weighted by molar-refractivity contribution is -0.121. The quantitative estimate of drug-likeness (QED) is 0.636. The molecule has 7 heteroatoms. The maximum atomic E-state index is 12.0. The predicted molar refractivity (Wildman–Crippen MR) is 78.3 cm³/mol. The highest BCUT2D eigenvalue weighted by molar-refractivity contribution is 7.89. The molecular weight excluding hydrogens is 292 g/mol. The van der Waals surface area contributed by atoms with Crippen molar-refractivity contribution in [2.24, 2.45) is 0 Å². The van der Waals surface area contributed by atoms with Crippen molar-refractivity contribution in [2.75, 3.05) is 11.4 Å². The second kappa shape index (κ2) is 6.36. The highest BCUT2D eigenvalue weighted by Crippen LogP contribution is 2.23. The van der Waals surface area contributed by atoms with Gasteiger partial charge in [-0.25, -0.2) is 13.1 Å². The average Bonchev–Trinajstić information content (AvgIpc) is 2.78. The van der Waals surface area contributed by atoms with Crippen LogP contribution in [0.2, 0.25) is 0 Å². The fraction of sp³-hybridized carbons (Fsp3) is 0.429. The molecule has 1 N–H and O–H groups in total. The molecule has 2 amide bonds. The average molecular weight is 310 g/mol. The van der Waals surface area contributed by atoms with Gasteiger partial charge < -0.3 is 0 Å². The number of carbonyl (C=O) groups excluding carboxylic acids is 2. The van der Waals surface area contributed by atoms with Crippen molar-refractivity contribution in [3.05, 3.63) is 24.3 Å². The van der Waals surface area contributed by atoms with Gasteiger partial charge in [0.25, 0.3) is 0 Å². The summed E-state index contributed by atoms with van der Waals surface area (Å²) in [5.41, 5.74) is 0.412. The standard InChI is InChI=1S/C14H18N2O4S/c1-2-3-10-15-21(19,20)12-6-4-11(5-7-12)16-13(17)8-9-14(16)18/h4-7,15H,2-3,8-10H2,1H3. The van der Waals surface area contributed by atoms with Gasteiger partial charge in [-0.15, -0.1) is 0 Å². The molecule has 1 aliphatic rings. The maximum absolute atomic E-state index is 12.0. The van der Waals surface area contributed by atoms with Gasteiger partial charge in [-0.3, -0.25) is 14.5 Å². The van der Waals surface area contributed by atoms with Crippen LogP contribution >= 0.6 is 0 Å². The summed E-state index contributed by atoms with van der Waals surface area (Å²) < 4.78 is 26.5. The molecule has 114 valence electrons. The van der Waals surface area contributed by atoms with E-state index >= 15 is 0 Å². The van der Waals surface area contributed by atoms with Gasteiger partial charge in [-0.05, 0) is 30.7 Å². The van der Waals surface area contributed by atoms with E-state index in [2.05, 4.69) is 4.72 Å². The van der Waals surface area contributed by atoms with Gasteiger partial charge in [0.05, 0.1) is 10.6 Å². The Bertz CT molecular complexity index is 621. The third kappa shape index (κ3) is 3.48. The number of hydrogen-bond acceptors (Lipinski definition) is 4. The van der Waals surface area contributed by atoms with Crippen molar-refractivity contribution in [1.82, 2.24) is 4.72 Å². The van der Waals surface area contributed by atoms with Gasteiger partial charge in [-0.2, -0.15) is 0 Å². The largest absolute Gasteiger partial charge is 0.274 e. The Labute approximate surface area is 124 Å². The van der Waals surface area contributed by atoms with Gasteiger partial charge in [0.2, 0.25) is 21.8 Å². The van der Waals surface area contributed by atoms with Crippen LogP contribution in [0.5, 0.6) is 0 Å². The molecule has 0 aliphatic carbocycles. The minimum Gasteiger partial charge on any atom is -0.274 e. The lowest BCUT2D eigenvalue weighted by Gasteiger charge is -2.14. The Morgan fingerprint density at radius 2 is 1.67 bits per heavy atom. The molecule has 0 saturated carbocycles. The SMILES string of the molecule is CCCCNS(=O)(=O)c1ccc(N2C(=O)CCC2=O)cc1. The lowest BCUT2D eigenvalue weighted by Crippen LogP contribution is -2.28. The Balaban J connectivity index is 2.15. The molecule has 1 fully saturated rings. The molecule has 1 aromatic rings. The first-order valence-electron chi connectivity index (χ1n) is 6.91. The van der Waals surface area contributed by atoms with Crippen LogP contribution < -0.4 is 9.62 Å². The van der Waals surface area contributed by atoms with E-state index in [0.717, 1.165) is 17.7 Å². The fourth-order valence-electron chi connectivity index (χ4n) is 2.11. The molecule has 1 aromatic carbocycles. The molecule has 0 aromatic heterocycles. The number of nitrogens with zero attached hydrogens (tertiary/aromatic N) is 1. The highest BCUT2D eigenvalue weighted by Gasteiger charge is 2.30. The van der Waals surface area contributed by atoms with Crippen molar-refractivity contribution in [1.29, 1.82) is 0 Å². The van der Waals surface area contributed by atoms with E-state index < -0.39 is 10.0 Å². The molecule has 2 rings (SSSR count). The summed E-state index contributed by atoms with van der Waals surface area (Å²) >= 11 is 0. The summed E-state index contributed by atoms with van der Waals surface area (Å²) in [7, 11) is -3.54. The van der Waals surface area contributed by atoms with Crippen LogP contribution in [0.1, 0.15) is 32.6 Å². The first-order valence-corrected chi connectivity index (χ1v) is 8.39. The first kappa shape index (κ1) is 15.7.